The van der Waals surface area contributed by atoms with Gasteiger partial charge in [-0.05, 0) is 43.4 Å². The number of ether oxygens (including phenoxy) is 1. The zero-order valence-electron chi connectivity index (χ0n) is 14.7. The molecule has 2 aliphatic heterocycles. The smallest absolute Gasteiger partial charge is 0.317 e. The summed E-state index contributed by atoms with van der Waals surface area (Å²) in [5.41, 5.74) is 0.702. The van der Waals surface area contributed by atoms with Crippen molar-refractivity contribution in [1.82, 2.24) is 10.2 Å². The molecule has 0 aromatic heterocycles. The third-order valence-electron chi connectivity index (χ3n) is 5.54. The molecular formula is C19H25FN2O4. The van der Waals surface area contributed by atoms with E-state index in [0.29, 0.717) is 39.1 Å². The molecule has 0 bridgehead atoms. The second kappa shape index (κ2) is 8.03. The van der Waals surface area contributed by atoms with E-state index in [0.717, 1.165) is 18.4 Å². The summed E-state index contributed by atoms with van der Waals surface area (Å²) >= 11 is 0. The average Bonchev–Trinajstić information content (AvgIpc) is 2.67. The number of urea groups is 1. The zero-order chi connectivity index (χ0) is 18.6. The van der Waals surface area contributed by atoms with Crippen molar-refractivity contribution in [3.05, 3.63) is 35.6 Å². The standard InChI is InChI=1S/C19H25FN2O4/c20-16-5-3-15(4-6-16)19(7-10-26-11-8-19)13-21-18(25)22-9-1-2-14(12-22)17(23)24/h3-6,14H,1-2,7-13H2,(H,21,25)(H,23,24). The first-order valence-electron chi connectivity index (χ1n) is 9.10. The largest absolute Gasteiger partial charge is 0.481 e. The van der Waals surface area contributed by atoms with Crippen molar-refractivity contribution in [2.75, 3.05) is 32.8 Å². The molecule has 2 aliphatic rings. The minimum Gasteiger partial charge on any atom is -0.481 e. The molecule has 2 saturated heterocycles. The number of carboxylic acid groups (broad SMARTS) is 1. The molecule has 0 aliphatic carbocycles. The number of carboxylic acids is 1. The molecule has 1 unspecified atom stereocenters. The van der Waals surface area contributed by atoms with Crippen LogP contribution >= 0.6 is 0 Å². The van der Waals surface area contributed by atoms with Crippen molar-refractivity contribution in [2.45, 2.75) is 31.1 Å². The van der Waals surface area contributed by atoms with E-state index in [1.807, 2.05) is 0 Å². The van der Waals surface area contributed by atoms with E-state index in [1.165, 1.54) is 12.1 Å². The fourth-order valence-corrected chi connectivity index (χ4v) is 3.85. The number of carbonyl (C=O) groups is 2. The van der Waals surface area contributed by atoms with Crippen molar-refractivity contribution in [3.8, 4) is 0 Å². The first kappa shape index (κ1) is 18.6. The van der Waals surface area contributed by atoms with Crippen LogP contribution in [-0.4, -0.2) is 54.9 Å². The molecule has 6 nitrogen and oxygen atoms in total. The second-order valence-electron chi connectivity index (χ2n) is 7.18. The Morgan fingerprint density at radius 1 is 1.27 bits per heavy atom. The minimum atomic E-state index is -0.852. The highest BCUT2D eigenvalue weighted by Gasteiger charge is 2.36. The number of nitrogens with zero attached hydrogens (tertiary/aromatic N) is 1. The molecular weight excluding hydrogens is 339 g/mol. The van der Waals surface area contributed by atoms with Crippen LogP contribution in [0.15, 0.2) is 24.3 Å². The maximum Gasteiger partial charge on any atom is 0.317 e. The molecule has 2 fully saturated rings. The summed E-state index contributed by atoms with van der Waals surface area (Å²) in [6, 6.07) is 6.19. The lowest BCUT2D eigenvalue weighted by Crippen LogP contribution is -2.51. The van der Waals surface area contributed by atoms with Crippen LogP contribution < -0.4 is 5.32 Å². The van der Waals surface area contributed by atoms with E-state index in [9.17, 15) is 19.1 Å². The van der Waals surface area contributed by atoms with E-state index < -0.39 is 11.9 Å². The van der Waals surface area contributed by atoms with Crippen molar-refractivity contribution >= 4 is 12.0 Å². The number of hydrogen-bond donors (Lipinski definition) is 2. The maximum absolute atomic E-state index is 13.3. The summed E-state index contributed by atoms with van der Waals surface area (Å²) in [7, 11) is 0. The van der Waals surface area contributed by atoms with Crippen molar-refractivity contribution in [2.24, 2.45) is 5.92 Å². The van der Waals surface area contributed by atoms with Gasteiger partial charge < -0.3 is 20.1 Å². The number of halogens is 1. The molecule has 0 spiro atoms. The Labute approximate surface area is 152 Å². The van der Waals surface area contributed by atoms with Crippen LogP contribution in [0.1, 0.15) is 31.2 Å². The van der Waals surface area contributed by atoms with Gasteiger partial charge in [-0.2, -0.15) is 0 Å². The van der Waals surface area contributed by atoms with Crippen LogP contribution in [-0.2, 0) is 14.9 Å². The highest BCUT2D eigenvalue weighted by Crippen LogP contribution is 2.34. The Morgan fingerprint density at radius 3 is 2.62 bits per heavy atom. The van der Waals surface area contributed by atoms with E-state index >= 15 is 0 Å². The van der Waals surface area contributed by atoms with Gasteiger partial charge in [0.1, 0.15) is 5.82 Å². The third kappa shape index (κ3) is 4.15. The zero-order valence-corrected chi connectivity index (χ0v) is 14.7. The van der Waals surface area contributed by atoms with Gasteiger partial charge in [0.05, 0.1) is 5.92 Å². The highest BCUT2D eigenvalue weighted by molar-refractivity contribution is 5.76. The van der Waals surface area contributed by atoms with Crippen LogP contribution in [0.3, 0.4) is 0 Å². The summed E-state index contributed by atoms with van der Waals surface area (Å²) in [6.45, 7) is 2.43. The van der Waals surface area contributed by atoms with E-state index in [4.69, 9.17) is 4.74 Å². The molecule has 0 radical (unpaired) electrons. The number of rotatable bonds is 4. The first-order valence-corrected chi connectivity index (χ1v) is 9.10. The summed E-state index contributed by atoms with van der Waals surface area (Å²) < 4.78 is 18.8. The van der Waals surface area contributed by atoms with Crippen LogP contribution in [0, 0.1) is 11.7 Å². The predicted octanol–water partition coefficient (Wildman–Crippen LogP) is 2.38. The first-order chi connectivity index (χ1) is 12.5. The van der Waals surface area contributed by atoms with Gasteiger partial charge in [0.25, 0.3) is 0 Å². The summed E-state index contributed by atoms with van der Waals surface area (Å²) in [5.74, 6) is -1.63. The third-order valence-corrected chi connectivity index (χ3v) is 5.54. The number of likely N-dealkylation sites (tertiary alicyclic amines) is 1. The van der Waals surface area contributed by atoms with Crippen molar-refractivity contribution < 1.29 is 23.8 Å². The average molecular weight is 364 g/mol. The number of benzene rings is 1. The SMILES string of the molecule is O=C(O)C1CCCN(C(=O)NCC2(c3ccc(F)cc3)CCOCC2)C1. The number of aliphatic carboxylic acids is 1. The minimum absolute atomic E-state index is 0.232. The van der Waals surface area contributed by atoms with Gasteiger partial charge in [-0.15, -0.1) is 0 Å². The van der Waals surface area contributed by atoms with Crippen LogP contribution in [0.2, 0.25) is 0 Å². The van der Waals surface area contributed by atoms with Gasteiger partial charge >= 0.3 is 12.0 Å². The number of hydrogen-bond acceptors (Lipinski definition) is 3. The molecule has 3 rings (SSSR count). The number of carbonyl (C=O) groups excluding carboxylic acids is 1. The predicted molar refractivity (Wildman–Crippen MR) is 93.5 cm³/mol. The van der Waals surface area contributed by atoms with E-state index in [1.54, 1.807) is 17.0 Å². The Kier molecular flexibility index (Phi) is 5.76. The van der Waals surface area contributed by atoms with Crippen LogP contribution in [0.5, 0.6) is 0 Å². The molecule has 1 aromatic carbocycles. The second-order valence-corrected chi connectivity index (χ2v) is 7.18. The van der Waals surface area contributed by atoms with Gasteiger partial charge in [-0.3, -0.25) is 4.79 Å². The lowest BCUT2D eigenvalue weighted by atomic mass is 9.74. The molecule has 2 heterocycles. The lowest BCUT2D eigenvalue weighted by molar-refractivity contribution is -0.143. The van der Waals surface area contributed by atoms with Crippen LogP contribution in [0.4, 0.5) is 9.18 Å². The Bertz CT molecular complexity index is 643. The summed E-state index contributed by atoms with van der Waals surface area (Å²) in [5, 5.41) is 12.2. The Hall–Kier alpha value is -2.15. The van der Waals surface area contributed by atoms with Crippen molar-refractivity contribution in [3.63, 3.8) is 0 Å². The molecule has 142 valence electrons. The fraction of sp³-hybridized carbons (Fsp3) is 0.579. The molecule has 2 N–H and O–H groups in total. The monoisotopic (exact) mass is 364 g/mol. The molecule has 7 heteroatoms. The highest BCUT2D eigenvalue weighted by atomic mass is 19.1. The Morgan fingerprint density at radius 2 is 1.96 bits per heavy atom. The molecule has 2 amide bonds. The molecule has 1 aromatic rings. The van der Waals surface area contributed by atoms with Gasteiger partial charge in [-0.1, -0.05) is 12.1 Å². The Balaban J connectivity index is 1.67. The maximum atomic E-state index is 13.3. The molecule has 1 atom stereocenters. The summed E-state index contributed by atoms with van der Waals surface area (Å²) in [4.78, 5) is 25.3. The topological polar surface area (TPSA) is 78.9 Å². The van der Waals surface area contributed by atoms with Crippen LogP contribution in [0.25, 0.3) is 0 Å². The van der Waals surface area contributed by atoms with E-state index in [2.05, 4.69) is 5.32 Å². The van der Waals surface area contributed by atoms with E-state index in [-0.39, 0.29) is 23.8 Å². The number of amides is 2. The number of nitrogens with one attached hydrogen (secondary N) is 1. The molecule has 0 saturated carbocycles. The van der Waals surface area contributed by atoms with Gasteiger partial charge in [0.15, 0.2) is 0 Å². The number of piperidine rings is 1. The quantitative estimate of drug-likeness (QED) is 0.860. The van der Waals surface area contributed by atoms with Crippen molar-refractivity contribution in [1.29, 1.82) is 0 Å². The van der Waals surface area contributed by atoms with Gasteiger partial charge in [0, 0.05) is 38.3 Å². The van der Waals surface area contributed by atoms with Gasteiger partial charge in [-0.25, -0.2) is 9.18 Å². The normalized spacial score (nSPS) is 22.7. The fourth-order valence-electron chi connectivity index (χ4n) is 3.85. The van der Waals surface area contributed by atoms with Gasteiger partial charge in [0.2, 0.25) is 0 Å². The molecule has 26 heavy (non-hydrogen) atoms. The summed E-state index contributed by atoms with van der Waals surface area (Å²) in [6.07, 6.45) is 2.80. The lowest BCUT2D eigenvalue weighted by Gasteiger charge is -2.39.